The second kappa shape index (κ2) is 4.60. The molecule has 1 aliphatic rings. The first kappa shape index (κ1) is 9.71. The van der Waals surface area contributed by atoms with Gasteiger partial charge in [0.2, 0.25) is 0 Å². The molecular formula is C10H14ClN3. The molecule has 76 valence electrons. The average Bonchev–Trinajstić information content (AvgIpc) is 2.63. The molecule has 2 atom stereocenters. The van der Waals surface area contributed by atoms with Gasteiger partial charge in [0, 0.05) is 18.1 Å². The maximum atomic E-state index is 6.04. The Balaban J connectivity index is 1.78. The SMILES string of the molecule is ClC1CCC(CNc2ccncn2)C1. The van der Waals surface area contributed by atoms with E-state index in [1.807, 2.05) is 6.07 Å². The molecule has 14 heavy (non-hydrogen) atoms. The number of aromatic nitrogens is 2. The molecule has 0 saturated heterocycles. The molecule has 0 aromatic carbocycles. The van der Waals surface area contributed by atoms with Gasteiger partial charge in [-0.2, -0.15) is 0 Å². The van der Waals surface area contributed by atoms with E-state index in [9.17, 15) is 0 Å². The number of halogens is 1. The Labute approximate surface area is 88.9 Å². The lowest BCUT2D eigenvalue weighted by molar-refractivity contribution is 0.579. The van der Waals surface area contributed by atoms with Gasteiger partial charge in [-0.05, 0) is 31.2 Å². The minimum absolute atomic E-state index is 0.382. The fourth-order valence-corrected chi connectivity index (χ4v) is 2.22. The third-order valence-electron chi connectivity index (χ3n) is 2.63. The molecule has 1 fully saturated rings. The summed E-state index contributed by atoms with van der Waals surface area (Å²) in [5.41, 5.74) is 0. The Kier molecular flexibility index (Phi) is 3.19. The molecule has 3 nitrogen and oxygen atoms in total. The van der Waals surface area contributed by atoms with Crippen molar-refractivity contribution in [2.75, 3.05) is 11.9 Å². The predicted molar refractivity (Wildman–Crippen MR) is 57.5 cm³/mol. The highest BCUT2D eigenvalue weighted by Gasteiger charge is 2.22. The molecule has 0 spiro atoms. The molecule has 0 bridgehead atoms. The van der Waals surface area contributed by atoms with Gasteiger partial charge in [0.05, 0.1) is 0 Å². The number of anilines is 1. The fourth-order valence-electron chi connectivity index (χ4n) is 1.84. The fraction of sp³-hybridized carbons (Fsp3) is 0.600. The minimum atomic E-state index is 0.382. The number of nitrogens with zero attached hydrogens (tertiary/aromatic N) is 2. The summed E-state index contributed by atoms with van der Waals surface area (Å²) in [5.74, 6) is 1.60. The van der Waals surface area contributed by atoms with Crippen LogP contribution in [0.4, 0.5) is 5.82 Å². The van der Waals surface area contributed by atoms with E-state index < -0.39 is 0 Å². The van der Waals surface area contributed by atoms with Crippen molar-refractivity contribution >= 4 is 17.4 Å². The van der Waals surface area contributed by atoms with E-state index in [0.717, 1.165) is 25.2 Å². The lowest BCUT2D eigenvalue weighted by Gasteiger charge is -2.10. The van der Waals surface area contributed by atoms with Crippen LogP contribution in [0.15, 0.2) is 18.6 Å². The lowest BCUT2D eigenvalue weighted by Crippen LogP contribution is -2.12. The van der Waals surface area contributed by atoms with Crippen molar-refractivity contribution < 1.29 is 0 Å². The standard InChI is InChI=1S/C10H14ClN3/c11-9-2-1-8(5-9)6-13-10-3-4-12-7-14-10/h3-4,7-9H,1-2,5-6H2,(H,12,13,14). The van der Waals surface area contributed by atoms with Crippen molar-refractivity contribution in [2.45, 2.75) is 24.6 Å². The van der Waals surface area contributed by atoms with Crippen LogP contribution in [0.2, 0.25) is 0 Å². The molecule has 0 aliphatic heterocycles. The van der Waals surface area contributed by atoms with E-state index in [4.69, 9.17) is 11.6 Å². The van der Waals surface area contributed by atoms with Crippen LogP contribution in [0, 0.1) is 5.92 Å². The second-order valence-electron chi connectivity index (χ2n) is 3.75. The van der Waals surface area contributed by atoms with Crippen LogP contribution >= 0.6 is 11.6 Å². The summed E-state index contributed by atoms with van der Waals surface area (Å²) >= 11 is 6.04. The summed E-state index contributed by atoms with van der Waals surface area (Å²) in [5, 5.41) is 3.68. The summed E-state index contributed by atoms with van der Waals surface area (Å²) in [6, 6.07) is 1.88. The van der Waals surface area contributed by atoms with Gasteiger partial charge in [-0.1, -0.05) is 0 Å². The van der Waals surface area contributed by atoms with E-state index >= 15 is 0 Å². The van der Waals surface area contributed by atoms with Gasteiger partial charge >= 0.3 is 0 Å². The van der Waals surface area contributed by atoms with Gasteiger partial charge in [-0.3, -0.25) is 0 Å². The maximum absolute atomic E-state index is 6.04. The Hall–Kier alpha value is -0.830. The third-order valence-corrected chi connectivity index (χ3v) is 3.03. The van der Waals surface area contributed by atoms with E-state index in [1.165, 1.54) is 6.42 Å². The highest BCUT2D eigenvalue weighted by Crippen LogP contribution is 2.29. The molecule has 1 aromatic heterocycles. The van der Waals surface area contributed by atoms with Crippen LogP contribution in [-0.4, -0.2) is 21.9 Å². The van der Waals surface area contributed by atoms with Gasteiger partial charge in [-0.25, -0.2) is 9.97 Å². The van der Waals surface area contributed by atoms with E-state index in [0.29, 0.717) is 11.3 Å². The Bertz CT molecular complexity index is 278. The molecule has 1 heterocycles. The highest BCUT2D eigenvalue weighted by atomic mass is 35.5. The summed E-state index contributed by atoms with van der Waals surface area (Å²) in [4.78, 5) is 7.97. The zero-order valence-electron chi connectivity index (χ0n) is 7.99. The van der Waals surface area contributed by atoms with E-state index in [1.54, 1.807) is 12.5 Å². The summed E-state index contributed by atoms with van der Waals surface area (Å²) in [6.07, 6.45) is 6.80. The molecular weight excluding hydrogens is 198 g/mol. The largest absolute Gasteiger partial charge is 0.370 e. The first-order chi connectivity index (χ1) is 6.84. The number of hydrogen-bond donors (Lipinski definition) is 1. The summed E-state index contributed by atoms with van der Waals surface area (Å²) in [7, 11) is 0. The maximum Gasteiger partial charge on any atom is 0.129 e. The zero-order chi connectivity index (χ0) is 9.80. The van der Waals surface area contributed by atoms with Crippen molar-refractivity contribution in [3.05, 3.63) is 18.6 Å². The molecule has 1 aromatic rings. The van der Waals surface area contributed by atoms with E-state index in [-0.39, 0.29) is 0 Å². The molecule has 1 N–H and O–H groups in total. The summed E-state index contributed by atoms with van der Waals surface area (Å²) < 4.78 is 0. The van der Waals surface area contributed by atoms with Crippen molar-refractivity contribution in [1.82, 2.24) is 9.97 Å². The van der Waals surface area contributed by atoms with Crippen LogP contribution in [-0.2, 0) is 0 Å². The van der Waals surface area contributed by atoms with Crippen LogP contribution < -0.4 is 5.32 Å². The normalized spacial score (nSPS) is 26.4. The van der Waals surface area contributed by atoms with Crippen LogP contribution in [0.25, 0.3) is 0 Å². The van der Waals surface area contributed by atoms with Crippen LogP contribution in [0.5, 0.6) is 0 Å². The lowest BCUT2D eigenvalue weighted by atomic mass is 10.1. The minimum Gasteiger partial charge on any atom is -0.370 e. The smallest absolute Gasteiger partial charge is 0.129 e. The molecule has 0 radical (unpaired) electrons. The van der Waals surface area contributed by atoms with Crippen LogP contribution in [0.3, 0.4) is 0 Å². The van der Waals surface area contributed by atoms with Gasteiger partial charge in [0.15, 0.2) is 0 Å². The molecule has 1 aliphatic carbocycles. The third kappa shape index (κ3) is 2.58. The topological polar surface area (TPSA) is 37.8 Å². The Morgan fingerprint density at radius 1 is 1.50 bits per heavy atom. The molecule has 4 heteroatoms. The number of nitrogens with one attached hydrogen (secondary N) is 1. The van der Waals surface area contributed by atoms with Gasteiger partial charge in [0.25, 0.3) is 0 Å². The Morgan fingerprint density at radius 2 is 2.43 bits per heavy atom. The first-order valence-corrected chi connectivity index (χ1v) is 5.42. The zero-order valence-corrected chi connectivity index (χ0v) is 8.74. The number of alkyl halides is 1. The molecule has 2 unspecified atom stereocenters. The Morgan fingerprint density at radius 3 is 3.07 bits per heavy atom. The quantitative estimate of drug-likeness (QED) is 0.780. The predicted octanol–water partition coefficient (Wildman–Crippen LogP) is 2.30. The number of hydrogen-bond acceptors (Lipinski definition) is 3. The van der Waals surface area contributed by atoms with Crippen molar-refractivity contribution in [1.29, 1.82) is 0 Å². The molecule has 1 saturated carbocycles. The van der Waals surface area contributed by atoms with Crippen molar-refractivity contribution in [2.24, 2.45) is 5.92 Å². The van der Waals surface area contributed by atoms with Gasteiger partial charge in [0.1, 0.15) is 12.1 Å². The number of rotatable bonds is 3. The van der Waals surface area contributed by atoms with Crippen LogP contribution in [0.1, 0.15) is 19.3 Å². The highest BCUT2D eigenvalue weighted by molar-refractivity contribution is 6.20. The van der Waals surface area contributed by atoms with E-state index in [2.05, 4.69) is 15.3 Å². The van der Waals surface area contributed by atoms with Gasteiger partial charge < -0.3 is 5.32 Å². The molecule has 0 amide bonds. The summed E-state index contributed by atoms with van der Waals surface area (Å²) in [6.45, 7) is 0.972. The van der Waals surface area contributed by atoms with Crippen molar-refractivity contribution in [3.8, 4) is 0 Å². The molecule has 2 rings (SSSR count). The first-order valence-electron chi connectivity index (χ1n) is 4.98. The van der Waals surface area contributed by atoms with Gasteiger partial charge in [-0.15, -0.1) is 11.6 Å². The van der Waals surface area contributed by atoms with Crippen molar-refractivity contribution in [3.63, 3.8) is 0 Å². The average molecular weight is 212 g/mol. The monoisotopic (exact) mass is 211 g/mol. The second-order valence-corrected chi connectivity index (χ2v) is 4.37.